The van der Waals surface area contributed by atoms with E-state index in [-0.39, 0.29) is 32.6 Å². The Hall–Kier alpha value is -3.30. The normalized spacial score (nSPS) is 18.1. The van der Waals surface area contributed by atoms with Crippen LogP contribution in [0.3, 0.4) is 0 Å². The van der Waals surface area contributed by atoms with Gasteiger partial charge in [0.05, 0.1) is 26.4 Å². The monoisotopic (exact) mass is 480 g/mol. The van der Waals surface area contributed by atoms with Crippen LogP contribution in [0, 0.1) is 0 Å². The van der Waals surface area contributed by atoms with E-state index in [4.69, 9.17) is 37.9 Å². The zero-order chi connectivity index (χ0) is 23.7. The van der Waals surface area contributed by atoms with Crippen molar-refractivity contribution in [2.45, 2.75) is 12.2 Å². The molecule has 5 rings (SSSR count). The molecule has 0 aliphatic carbocycles. The van der Waals surface area contributed by atoms with Gasteiger partial charge >= 0.3 is 0 Å². The van der Waals surface area contributed by atoms with Crippen molar-refractivity contribution in [3.8, 4) is 34.1 Å². The Balaban J connectivity index is 1.01. The van der Waals surface area contributed by atoms with Crippen LogP contribution in [0.2, 0.25) is 0 Å². The number of hydrogen-bond donors (Lipinski definition) is 0. The lowest BCUT2D eigenvalue weighted by atomic mass is 10.1. The highest BCUT2D eigenvalue weighted by Crippen LogP contribution is 2.25. The van der Waals surface area contributed by atoms with Crippen LogP contribution in [-0.2, 0) is 18.9 Å². The summed E-state index contributed by atoms with van der Waals surface area (Å²) in [5, 5.41) is 0. The van der Waals surface area contributed by atoms with Gasteiger partial charge in [-0.1, -0.05) is 24.3 Å². The molecule has 2 fully saturated rings. The topological polar surface area (TPSA) is 80.4 Å². The minimum Gasteiger partial charge on any atom is -0.468 e. The average Bonchev–Trinajstić information content (AvgIpc) is 3.82. The summed E-state index contributed by atoms with van der Waals surface area (Å²) in [6.07, 6.45) is 0.472. The Kier molecular flexibility index (Phi) is 7.97. The van der Waals surface area contributed by atoms with E-state index in [1.165, 1.54) is 0 Å². The first kappa shape index (κ1) is 23.4. The third-order valence-corrected chi connectivity index (χ3v) is 5.35. The summed E-state index contributed by atoms with van der Waals surface area (Å²) in [7, 11) is 0. The van der Waals surface area contributed by atoms with Gasteiger partial charge in [-0.25, -0.2) is 0 Å². The molecule has 8 nitrogen and oxygen atoms in total. The van der Waals surface area contributed by atoms with Crippen molar-refractivity contribution in [3.63, 3.8) is 0 Å². The van der Waals surface area contributed by atoms with Crippen LogP contribution in [0.25, 0.3) is 11.1 Å². The van der Waals surface area contributed by atoms with Gasteiger partial charge in [0, 0.05) is 0 Å². The van der Waals surface area contributed by atoms with Gasteiger partial charge in [0.1, 0.15) is 35.2 Å². The van der Waals surface area contributed by atoms with Crippen LogP contribution < -0.4 is 18.9 Å². The predicted molar refractivity (Wildman–Crippen MR) is 127 cm³/mol. The van der Waals surface area contributed by atoms with Crippen LogP contribution in [0.1, 0.15) is 0 Å². The molecule has 0 spiro atoms. The molecule has 2 heterocycles. The van der Waals surface area contributed by atoms with Crippen molar-refractivity contribution < 1.29 is 37.9 Å². The van der Waals surface area contributed by atoms with Gasteiger partial charge in [-0.15, -0.1) is 0 Å². The smallest absolute Gasteiger partial charge is 0.230 e. The van der Waals surface area contributed by atoms with Crippen LogP contribution in [0.4, 0.5) is 0 Å². The molecule has 2 unspecified atom stereocenters. The number of ether oxygens (including phenoxy) is 8. The lowest BCUT2D eigenvalue weighted by Gasteiger charge is -2.11. The van der Waals surface area contributed by atoms with E-state index < -0.39 is 0 Å². The molecule has 2 atom stereocenters. The van der Waals surface area contributed by atoms with Crippen molar-refractivity contribution in [3.05, 3.63) is 72.8 Å². The van der Waals surface area contributed by atoms with Crippen LogP contribution in [0.5, 0.6) is 23.0 Å². The molecule has 0 saturated carbocycles. The third kappa shape index (κ3) is 7.87. The number of benzene rings is 3. The highest BCUT2D eigenvalue weighted by atomic mass is 16.7. The van der Waals surface area contributed by atoms with Crippen LogP contribution in [-0.4, -0.2) is 59.0 Å². The summed E-state index contributed by atoms with van der Waals surface area (Å²) >= 11 is 0. The third-order valence-electron chi connectivity index (χ3n) is 5.35. The Labute approximate surface area is 204 Å². The second-order valence-electron chi connectivity index (χ2n) is 8.10. The second kappa shape index (κ2) is 11.9. The Morgan fingerprint density at radius 1 is 0.486 bits per heavy atom. The molecule has 35 heavy (non-hydrogen) atoms. The number of rotatable bonds is 15. The molecule has 2 aliphatic heterocycles. The summed E-state index contributed by atoms with van der Waals surface area (Å²) in [5.74, 6) is 2.89. The van der Waals surface area contributed by atoms with Gasteiger partial charge in [-0.05, 0) is 59.7 Å². The zero-order valence-electron chi connectivity index (χ0n) is 19.3. The predicted octanol–water partition coefficient (Wildman–Crippen LogP) is 4.27. The molecule has 0 radical (unpaired) electrons. The standard InChI is InChI=1S/C27H28O8/c1-5-22(32-17-28-13-26-15-30-26)6-2-20(1)21-3-7-23(8-4-21)34-19-35-25-11-9-24(10-12-25)33-18-29-14-27-16-31-27/h1-12,26-27H,13-19H2. The molecule has 2 aliphatic rings. The van der Waals surface area contributed by atoms with Gasteiger partial charge in [0.25, 0.3) is 0 Å². The summed E-state index contributed by atoms with van der Waals surface area (Å²) in [6, 6.07) is 23.0. The van der Waals surface area contributed by atoms with Crippen molar-refractivity contribution in [1.29, 1.82) is 0 Å². The van der Waals surface area contributed by atoms with Gasteiger partial charge in [0.15, 0.2) is 13.6 Å². The first-order valence-corrected chi connectivity index (χ1v) is 11.5. The maximum atomic E-state index is 5.71. The molecular formula is C27H28O8. The largest absolute Gasteiger partial charge is 0.468 e. The Morgan fingerprint density at radius 2 is 0.800 bits per heavy atom. The molecule has 0 bridgehead atoms. The van der Waals surface area contributed by atoms with Gasteiger partial charge < -0.3 is 37.9 Å². The maximum Gasteiger partial charge on any atom is 0.230 e. The van der Waals surface area contributed by atoms with E-state index in [0.29, 0.717) is 24.7 Å². The first-order chi connectivity index (χ1) is 17.3. The minimum atomic E-state index is 0.102. The van der Waals surface area contributed by atoms with E-state index in [0.717, 1.165) is 35.8 Å². The van der Waals surface area contributed by atoms with E-state index >= 15 is 0 Å². The Morgan fingerprint density at radius 3 is 1.14 bits per heavy atom. The fourth-order valence-corrected chi connectivity index (χ4v) is 3.19. The maximum absolute atomic E-state index is 5.71. The van der Waals surface area contributed by atoms with E-state index in [9.17, 15) is 0 Å². The van der Waals surface area contributed by atoms with Gasteiger partial charge in [-0.2, -0.15) is 0 Å². The van der Waals surface area contributed by atoms with Crippen LogP contribution in [0.15, 0.2) is 72.8 Å². The number of hydrogen-bond acceptors (Lipinski definition) is 8. The zero-order valence-corrected chi connectivity index (χ0v) is 19.3. The molecule has 3 aromatic rings. The molecule has 8 heteroatoms. The van der Waals surface area contributed by atoms with E-state index in [2.05, 4.69) is 0 Å². The molecule has 184 valence electrons. The molecule has 0 aromatic heterocycles. The summed E-state index contributed by atoms with van der Waals surface area (Å²) in [4.78, 5) is 0. The van der Waals surface area contributed by atoms with Crippen LogP contribution >= 0.6 is 0 Å². The molecule has 2 saturated heterocycles. The number of epoxide rings is 2. The fraction of sp³-hybridized carbons (Fsp3) is 0.333. The molecular weight excluding hydrogens is 452 g/mol. The van der Waals surface area contributed by atoms with E-state index in [1.807, 2.05) is 72.8 Å². The molecule has 0 N–H and O–H groups in total. The summed E-state index contributed by atoms with van der Waals surface area (Å²) < 4.78 is 43.4. The highest BCUT2D eigenvalue weighted by Gasteiger charge is 2.22. The summed E-state index contributed by atoms with van der Waals surface area (Å²) in [6.45, 7) is 3.21. The fourth-order valence-electron chi connectivity index (χ4n) is 3.19. The summed E-state index contributed by atoms with van der Waals surface area (Å²) in [5.41, 5.74) is 2.16. The lowest BCUT2D eigenvalue weighted by molar-refractivity contribution is 0.00806. The lowest BCUT2D eigenvalue weighted by Crippen LogP contribution is -2.08. The van der Waals surface area contributed by atoms with Gasteiger partial charge in [0.2, 0.25) is 6.79 Å². The average molecular weight is 481 g/mol. The first-order valence-electron chi connectivity index (χ1n) is 11.5. The van der Waals surface area contributed by atoms with Crippen molar-refractivity contribution >= 4 is 0 Å². The van der Waals surface area contributed by atoms with Gasteiger partial charge in [-0.3, -0.25) is 0 Å². The van der Waals surface area contributed by atoms with E-state index in [1.54, 1.807) is 0 Å². The van der Waals surface area contributed by atoms with Crippen molar-refractivity contribution in [2.75, 3.05) is 46.8 Å². The highest BCUT2D eigenvalue weighted by molar-refractivity contribution is 5.64. The molecule has 0 amide bonds. The van der Waals surface area contributed by atoms with Crippen molar-refractivity contribution in [1.82, 2.24) is 0 Å². The molecule has 3 aromatic carbocycles. The SMILES string of the molecule is c1cc(OCOc2ccc(-c3ccc(OCOCC4CO4)cc3)cc2)ccc1OCOCC1CO1. The second-order valence-corrected chi connectivity index (χ2v) is 8.10. The Bertz CT molecular complexity index is 1030. The minimum absolute atomic E-state index is 0.102. The van der Waals surface area contributed by atoms with Crippen molar-refractivity contribution in [2.24, 2.45) is 0 Å². The quantitative estimate of drug-likeness (QED) is 0.181.